The maximum atomic E-state index is 5.83. The first-order valence-electron chi connectivity index (χ1n) is 5.19. The van der Waals surface area contributed by atoms with Crippen LogP contribution in [-0.2, 0) is 0 Å². The van der Waals surface area contributed by atoms with Crippen LogP contribution in [0, 0.1) is 0 Å². The van der Waals surface area contributed by atoms with Crippen molar-refractivity contribution in [1.82, 2.24) is 4.98 Å². The third-order valence-electron chi connectivity index (χ3n) is 2.87. The zero-order valence-electron chi connectivity index (χ0n) is 8.61. The molecule has 0 saturated carbocycles. The van der Waals surface area contributed by atoms with E-state index in [1.165, 1.54) is 14.8 Å². The first-order chi connectivity index (χ1) is 8.33. The molecule has 0 aliphatic carbocycles. The van der Waals surface area contributed by atoms with Crippen LogP contribution < -0.4 is 0 Å². The smallest absolute Gasteiger partial charge is 0.293 e. The molecule has 2 nitrogen and oxygen atoms in total. The number of hydrogen-bond donors (Lipinski definition) is 0. The minimum atomic E-state index is 0.197. The van der Waals surface area contributed by atoms with Crippen LogP contribution in [0.4, 0.5) is 0 Å². The normalized spacial score (nSPS) is 11.8. The Morgan fingerprint density at radius 3 is 2.88 bits per heavy atom. The molecule has 0 spiro atoms. The molecular formula is C13H6ClNOS. The van der Waals surface area contributed by atoms with Gasteiger partial charge in [-0.15, -0.1) is 11.3 Å². The third kappa shape index (κ3) is 1.24. The van der Waals surface area contributed by atoms with Crippen molar-refractivity contribution in [3.05, 3.63) is 41.7 Å². The van der Waals surface area contributed by atoms with Gasteiger partial charge in [-0.1, -0.05) is 18.2 Å². The fourth-order valence-electron chi connectivity index (χ4n) is 2.17. The van der Waals surface area contributed by atoms with Crippen molar-refractivity contribution in [3.8, 4) is 0 Å². The maximum Gasteiger partial charge on any atom is 0.293 e. The molecule has 0 N–H and O–H groups in total. The number of benzene rings is 2. The zero-order valence-corrected chi connectivity index (χ0v) is 10.2. The minimum absolute atomic E-state index is 0.197. The Morgan fingerprint density at radius 2 is 1.94 bits per heavy atom. The number of hydrogen-bond acceptors (Lipinski definition) is 3. The number of aromatic nitrogens is 1. The van der Waals surface area contributed by atoms with Crippen molar-refractivity contribution >= 4 is 54.2 Å². The van der Waals surface area contributed by atoms with Gasteiger partial charge in [-0.2, -0.15) is 4.98 Å². The Bertz CT molecular complexity index is 862. The predicted molar refractivity (Wildman–Crippen MR) is 71.9 cm³/mol. The number of rotatable bonds is 0. The van der Waals surface area contributed by atoms with E-state index in [0.29, 0.717) is 0 Å². The molecule has 2 aromatic carbocycles. The summed E-state index contributed by atoms with van der Waals surface area (Å²) in [4.78, 5) is 4.27. The molecule has 4 heteroatoms. The fraction of sp³-hybridized carbons (Fsp3) is 0. The molecule has 0 fully saturated rings. The molecule has 0 saturated heterocycles. The molecule has 0 unspecified atom stereocenters. The second-order valence-electron chi connectivity index (χ2n) is 3.85. The van der Waals surface area contributed by atoms with Crippen LogP contribution in [0.2, 0.25) is 5.35 Å². The molecule has 0 radical (unpaired) electrons. The fourth-order valence-corrected chi connectivity index (χ4v) is 3.45. The summed E-state index contributed by atoms with van der Waals surface area (Å²) in [5.74, 6) is 0. The highest BCUT2D eigenvalue weighted by molar-refractivity contribution is 7.26. The molecule has 0 atom stereocenters. The summed E-state index contributed by atoms with van der Waals surface area (Å²) < 4.78 is 7.82. The van der Waals surface area contributed by atoms with Gasteiger partial charge >= 0.3 is 0 Å². The van der Waals surface area contributed by atoms with E-state index in [2.05, 4.69) is 23.2 Å². The summed E-state index contributed by atoms with van der Waals surface area (Å²) in [6.07, 6.45) is 0. The highest BCUT2D eigenvalue weighted by Gasteiger charge is 2.12. The molecule has 2 heterocycles. The lowest BCUT2D eigenvalue weighted by Gasteiger charge is -1.91. The predicted octanol–water partition coefficient (Wildman–Crippen LogP) is 4.85. The summed E-state index contributed by atoms with van der Waals surface area (Å²) >= 11 is 7.59. The second kappa shape index (κ2) is 3.22. The molecule has 4 rings (SSSR count). The van der Waals surface area contributed by atoms with Crippen LogP contribution >= 0.6 is 22.9 Å². The van der Waals surface area contributed by atoms with Crippen LogP contribution in [0.1, 0.15) is 0 Å². The van der Waals surface area contributed by atoms with Crippen molar-refractivity contribution in [2.45, 2.75) is 0 Å². The monoisotopic (exact) mass is 259 g/mol. The summed E-state index contributed by atoms with van der Waals surface area (Å²) in [6.45, 7) is 0. The number of oxazole rings is 1. The Kier molecular flexibility index (Phi) is 1.79. The van der Waals surface area contributed by atoms with Gasteiger partial charge in [0.25, 0.3) is 5.35 Å². The molecule has 0 amide bonds. The van der Waals surface area contributed by atoms with Crippen LogP contribution in [-0.4, -0.2) is 4.98 Å². The molecule has 82 valence electrons. The number of nitrogens with zero attached hydrogens (tertiary/aromatic N) is 1. The first-order valence-corrected chi connectivity index (χ1v) is 6.39. The van der Waals surface area contributed by atoms with E-state index in [9.17, 15) is 0 Å². The Balaban J connectivity index is 2.37. The molecule has 4 aromatic rings. The Morgan fingerprint density at radius 1 is 1.06 bits per heavy atom. The lowest BCUT2D eigenvalue weighted by molar-refractivity contribution is 0.604. The average molecular weight is 260 g/mol. The largest absolute Gasteiger partial charge is 0.428 e. The van der Waals surface area contributed by atoms with Gasteiger partial charge in [0.2, 0.25) is 0 Å². The van der Waals surface area contributed by atoms with Gasteiger partial charge in [-0.3, -0.25) is 0 Å². The van der Waals surface area contributed by atoms with Crippen molar-refractivity contribution in [3.63, 3.8) is 0 Å². The van der Waals surface area contributed by atoms with Crippen molar-refractivity contribution in [2.75, 3.05) is 0 Å². The summed E-state index contributed by atoms with van der Waals surface area (Å²) in [6, 6.07) is 12.3. The van der Waals surface area contributed by atoms with Gasteiger partial charge in [-0.05, 0) is 29.8 Å². The van der Waals surface area contributed by atoms with Gasteiger partial charge in [0.1, 0.15) is 5.52 Å². The van der Waals surface area contributed by atoms with Crippen molar-refractivity contribution in [2.24, 2.45) is 0 Å². The van der Waals surface area contributed by atoms with Crippen LogP contribution in [0.3, 0.4) is 0 Å². The molecule has 0 bridgehead atoms. The van der Waals surface area contributed by atoms with E-state index in [4.69, 9.17) is 16.0 Å². The van der Waals surface area contributed by atoms with Gasteiger partial charge in [-0.25, -0.2) is 0 Å². The second-order valence-corrected chi connectivity index (χ2v) is 5.26. The average Bonchev–Trinajstić information content (AvgIpc) is 2.87. The van der Waals surface area contributed by atoms with Crippen molar-refractivity contribution in [1.29, 1.82) is 0 Å². The minimum Gasteiger partial charge on any atom is -0.428 e. The van der Waals surface area contributed by atoms with E-state index < -0.39 is 0 Å². The molecule has 0 aliphatic heterocycles. The lowest BCUT2D eigenvalue weighted by Crippen LogP contribution is -1.70. The van der Waals surface area contributed by atoms with Gasteiger partial charge in [0.15, 0.2) is 5.58 Å². The SMILES string of the molecule is Clc1nc2c(ccc3sc4ccccc4c32)o1. The zero-order chi connectivity index (χ0) is 11.4. The van der Waals surface area contributed by atoms with E-state index in [0.717, 1.165) is 16.5 Å². The highest BCUT2D eigenvalue weighted by atomic mass is 35.5. The van der Waals surface area contributed by atoms with Crippen LogP contribution in [0.15, 0.2) is 40.8 Å². The Hall–Kier alpha value is -1.58. The summed E-state index contributed by atoms with van der Waals surface area (Å²) in [5.41, 5.74) is 1.59. The standard InChI is InChI=1S/C13H6ClNOS/c14-13-15-12-8(16-13)5-6-10-11(12)7-3-1-2-4-9(7)17-10/h1-6H. The van der Waals surface area contributed by atoms with E-state index >= 15 is 0 Å². The maximum absolute atomic E-state index is 5.83. The quantitative estimate of drug-likeness (QED) is 0.451. The van der Waals surface area contributed by atoms with Gasteiger partial charge in [0, 0.05) is 20.2 Å². The molecule has 17 heavy (non-hydrogen) atoms. The third-order valence-corrected chi connectivity index (χ3v) is 4.17. The summed E-state index contributed by atoms with van der Waals surface area (Å²) in [7, 11) is 0. The van der Waals surface area contributed by atoms with Gasteiger partial charge < -0.3 is 4.42 Å². The van der Waals surface area contributed by atoms with Crippen LogP contribution in [0.5, 0.6) is 0 Å². The highest BCUT2D eigenvalue weighted by Crippen LogP contribution is 2.38. The summed E-state index contributed by atoms with van der Waals surface area (Å²) in [5, 5.41) is 2.55. The van der Waals surface area contributed by atoms with Crippen molar-refractivity contribution < 1.29 is 4.42 Å². The van der Waals surface area contributed by atoms with Gasteiger partial charge in [0.05, 0.1) is 0 Å². The number of halogens is 1. The van der Waals surface area contributed by atoms with E-state index in [-0.39, 0.29) is 5.35 Å². The topological polar surface area (TPSA) is 26.0 Å². The number of fused-ring (bicyclic) bond motifs is 5. The van der Waals surface area contributed by atoms with E-state index in [1.54, 1.807) is 11.3 Å². The number of thiophene rings is 1. The van der Waals surface area contributed by atoms with E-state index in [1.807, 2.05) is 18.2 Å². The molecular weight excluding hydrogens is 254 g/mol. The molecule has 2 aromatic heterocycles. The lowest BCUT2D eigenvalue weighted by atomic mass is 10.1. The first kappa shape index (κ1) is 9.45. The Labute approximate surface area is 105 Å². The van der Waals surface area contributed by atoms with Crippen LogP contribution in [0.25, 0.3) is 31.3 Å². The molecule has 0 aliphatic rings.